The number of rotatable bonds is 3. The summed E-state index contributed by atoms with van der Waals surface area (Å²) >= 11 is 0. The van der Waals surface area contributed by atoms with Crippen molar-refractivity contribution in [2.75, 3.05) is 7.11 Å². The van der Waals surface area contributed by atoms with Gasteiger partial charge in [0.2, 0.25) is 0 Å². The van der Waals surface area contributed by atoms with Gasteiger partial charge in [-0.1, -0.05) is 12.1 Å². The summed E-state index contributed by atoms with van der Waals surface area (Å²) in [5, 5.41) is 0. The molecule has 0 atom stereocenters. The third-order valence-corrected chi connectivity index (χ3v) is 4.55. The van der Waals surface area contributed by atoms with Crippen molar-refractivity contribution in [3.63, 3.8) is 0 Å². The number of hydrogen-bond acceptors (Lipinski definition) is 3. The Labute approximate surface area is 125 Å². The number of benzene rings is 1. The van der Waals surface area contributed by atoms with Gasteiger partial charge in [0, 0.05) is 12.8 Å². The Morgan fingerprint density at radius 3 is 2.62 bits per heavy atom. The lowest BCUT2D eigenvalue weighted by Crippen LogP contribution is -2.13. The molecule has 2 aliphatic carbocycles. The molecule has 0 unspecified atom stereocenters. The summed E-state index contributed by atoms with van der Waals surface area (Å²) in [6, 6.07) is 6.16. The van der Waals surface area contributed by atoms with Crippen LogP contribution in [-0.4, -0.2) is 18.7 Å². The Balaban J connectivity index is 1.83. The molecule has 0 radical (unpaired) electrons. The first kappa shape index (κ1) is 14.1. The Hall–Kier alpha value is -1.90. The maximum atomic E-state index is 11.7. The van der Waals surface area contributed by atoms with Gasteiger partial charge in [-0.25, -0.2) is 0 Å². The maximum Gasteiger partial charge on any atom is 0.144 e. The summed E-state index contributed by atoms with van der Waals surface area (Å²) in [5.74, 6) is 0.725. The molecule has 0 aromatic heterocycles. The topological polar surface area (TPSA) is 43.4 Å². The first-order chi connectivity index (χ1) is 10.2. The molecule has 1 fully saturated rings. The zero-order chi connectivity index (χ0) is 14.8. The summed E-state index contributed by atoms with van der Waals surface area (Å²) in [7, 11) is 1.68. The van der Waals surface area contributed by atoms with Crippen molar-refractivity contribution in [1.29, 1.82) is 0 Å². The van der Waals surface area contributed by atoms with Crippen LogP contribution in [0.4, 0.5) is 0 Å². The Kier molecular flexibility index (Phi) is 3.91. The van der Waals surface area contributed by atoms with Crippen molar-refractivity contribution in [3.8, 4) is 5.75 Å². The highest BCUT2D eigenvalue weighted by atomic mass is 16.5. The molecule has 0 amide bonds. The largest absolute Gasteiger partial charge is 0.497 e. The molecule has 0 heterocycles. The van der Waals surface area contributed by atoms with Gasteiger partial charge in [-0.05, 0) is 54.5 Å². The predicted molar refractivity (Wildman–Crippen MR) is 81.3 cm³/mol. The molecule has 110 valence electrons. The van der Waals surface area contributed by atoms with Crippen LogP contribution in [-0.2, 0) is 16.0 Å². The number of aryl methyl sites for hydroxylation is 1. The molecule has 0 saturated heterocycles. The summed E-state index contributed by atoms with van der Waals surface area (Å²) < 4.78 is 5.28. The molecule has 0 N–H and O–H groups in total. The molecule has 1 saturated carbocycles. The third-order valence-electron chi connectivity index (χ3n) is 4.55. The Bertz CT molecular complexity index is 597. The number of carbonyl (C=O) groups excluding carboxylic acids is 2. The molecule has 3 heteroatoms. The van der Waals surface area contributed by atoms with E-state index in [9.17, 15) is 9.59 Å². The number of fused-ring (bicyclic) bond motifs is 1. The van der Waals surface area contributed by atoms with Gasteiger partial charge in [-0.2, -0.15) is 0 Å². The quantitative estimate of drug-likeness (QED) is 0.799. The summed E-state index contributed by atoms with van der Waals surface area (Å²) in [6.07, 6.45) is 6.73. The van der Waals surface area contributed by atoms with Crippen LogP contribution in [0.5, 0.6) is 5.75 Å². The standard InChI is InChI=1S/C18H20O3/c1-21-14-6-8-15-12(3-2-4-13(15)11-14)5-7-16-17(19)9-10-18(16)20/h5-6,8,11,16H,2-4,7,9-10H2,1H3. The minimum absolute atomic E-state index is 0.114. The second-order valence-corrected chi connectivity index (χ2v) is 5.83. The molecule has 0 spiro atoms. The number of methoxy groups -OCH3 is 1. The van der Waals surface area contributed by atoms with Gasteiger partial charge in [-0.3, -0.25) is 9.59 Å². The summed E-state index contributed by atoms with van der Waals surface area (Å²) in [6.45, 7) is 0. The van der Waals surface area contributed by atoms with Crippen LogP contribution in [0.1, 0.15) is 43.2 Å². The van der Waals surface area contributed by atoms with Gasteiger partial charge in [0.1, 0.15) is 17.3 Å². The minimum atomic E-state index is -0.388. The first-order valence-corrected chi connectivity index (χ1v) is 7.61. The monoisotopic (exact) mass is 284 g/mol. The summed E-state index contributed by atoms with van der Waals surface area (Å²) in [5.41, 5.74) is 3.82. The van der Waals surface area contributed by atoms with E-state index >= 15 is 0 Å². The van der Waals surface area contributed by atoms with Crippen LogP contribution in [0.3, 0.4) is 0 Å². The Morgan fingerprint density at radius 2 is 1.90 bits per heavy atom. The van der Waals surface area contributed by atoms with Crippen molar-refractivity contribution in [2.45, 2.75) is 38.5 Å². The van der Waals surface area contributed by atoms with E-state index in [-0.39, 0.29) is 17.5 Å². The van der Waals surface area contributed by atoms with Crippen LogP contribution in [0.25, 0.3) is 5.57 Å². The van der Waals surface area contributed by atoms with E-state index in [0.717, 1.165) is 25.0 Å². The zero-order valence-corrected chi connectivity index (χ0v) is 12.4. The summed E-state index contributed by atoms with van der Waals surface area (Å²) in [4.78, 5) is 23.4. The first-order valence-electron chi connectivity index (χ1n) is 7.61. The van der Waals surface area contributed by atoms with E-state index in [0.29, 0.717) is 19.3 Å². The molecule has 3 nitrogen and oxygen atoms in total. The normalized spacial score (nSPS) is 20.9. The van der Waals surface area contributed by atoms with Crippen molar-refractivity contribution in [2.24, 2.45) is 5.92 Å². The van der Waals surface area contributed by atoms with Crippen molar-refractivity contribution < 1.29 is 14.3 Å². The van der Waals surface area contributed by atoms with E-state index in [1.54, 1.807) is 7.11 Å². The number of ether oxygens (including phenoxy) is 1. The molecule has 3 rings (SSSR count). The lowest BCUT2D eigenvalue weighted by Gasteiger charge is -2.20. The number of ketones is 2. The van der Waals surface area contributed by atoms with Crippen LogP contribution in [0, 0.1) is 5.92 Å². The molecular weight excluding hydrogens is 264 g/mol. The van der Waals surface area contributed by atoms with E-state index in [2.05, 4.69) is 18.2 Å². The highest BCUT2D eigenvalue weighted by Gasteiger charge is 2.31. The molecule has 0 aliphatic heterocycles. The van der Waals surface area contributed by atoms with Crippen LogP contribution in [0.2, 0.25) is 0 Å². The highest BCUT2D eigenvalue weighted by molar-refractivity contribution is 6.08. The van der Waals surface area contributed by atoms with Gasteiger partial charge in [0.25, 0.3) is 0 Å². The maximum absolute atomic E-state index is 11.7. The zero-order valence-electron chi connectivity index (χ0n) is 12.4. The number of hydrogen-bond donors (Lipinski definition) is 0. The molecule has 0 bridgehead atoms. The van der Waals surface area contributed by atoms with E-state index in [4.69, 9.17) is 4.74 Å². The molecule has 1 aromatic carbocycles. The van der Waals surface area contributed by atoms with Crippen LogP contribution < -0.4 is 4.74 Å². The fourth-order valence-electron chi connectivity index (χ4n) is 3.33. The van der Waals surface area contributed by atoms with E-state index < -0.39 is 0 Å². The second-order valence-electron chi connectivity index (χ2n) is 5.83. The molecule has 1 aromatic rings. The average molecular weight is 284 g/mol. The van der Waals surface area contributed by atoms with Gasteiger partial charge in [0.15, 0.2) is 0 Å². The van der Waals surface area contributed by atoms with Gasteiger partial charge in [0.05, 0.1) is 13.0 Å². The smallest absolute Gasteiger partial charge is 0.144 e. The fourth-order valence-corrected chi connectivity index (χ4v) is 3.33. The van der Waals surface area contributed by atoms with E-state index in [1.165, 1.54) is 16.7 Å². The Morgan fingerprint density at radius 1 is 1.14 bits per heavy atom. The van der Waals surface area contributed by atoms with Gasteiger partial charge < -0.3 is 4.74 Å². The minimum Gasteiger partial charge on any atom is -0.497 e. The highest BCUT2D eigenvalue weighted by Crippen LogP contribution is 2.34. The van der Waals surface area contributed by atoms with Crippen LogP contribution in [0.15, 0.2) is 24.3 Å². The number of carbonyl (C=O) groups is 2. The fraction of sp³-hybridized carbons (Fsp3) is 0.444. The van der Waals surface area contributed by atoms with Crippen molar-refractivity contribution in [1.82, 2.24) is 0 Å². The SMILES string of the molecule is COc1ccc2c(c1)CCCC2=CCC1C(=O)CCC1=O. The van der Waals surface area contributed by atoms with Gasteiger partial charge in [-0.15, -0.1) is 0 Å². The van der Waals surface area contributed by atoms with Crippen LogP contribution >= 0.6 is 0 Å². The molecule has 2 aliphatic rings. The molecular formula is C18H20O3. The second kappa shape index (κ2) is 5.84. The van der Waals surface area contributed by atoms with Crippen molar-refractivity contribution in [3.05, 3.63) is 35.4 Å². The van der Waals surface area contributed by atoms with Gasteiger partial charge >= 0.3 is 0 Å². The number of allylic oxidation sites excluding steroid dienone is 2. The lowest BCUT2D eigenvalue weighted by atomic mass is 9.85. The molecule has 21 heavy (non-hydrogen) atoms. The van der Waals surface area contributed by atoms with Crippen molar-refractivity contribution >= 4 is 17.1 Å². The average Bonchev–Trinajstić information content (AvgIpc) is 2.83. The number of Topliss-reactive ketones (excluding diaryl/α,β-unsaturated/α-hetero) is 2. The van der Waals surface area contributed by atoms with E-state index in [1.807, 2.05) is 6.07 Å². The third kappa shape index (κ3) is 2.78. The lowest BCUT2D eigenvalue weighted by molar-refractivity contribution is -0.126. The predicted octanol–water partition coefficient (Wildman–Crippen LogP) is 3.35.